The Bertz CT molecular complexity index is 941. The van der Waals surface area contributed by atoms with Crippen LogP contribution < -0.4 is 15.6 Å². The van der Waals surface area contributed by atoms with Gasteiger partial charge in [-0.25, -0.2) is 0 Å². The molecule has 0 heterocycles. The Kier molecular flexibility index (Phi) is 5.39. The topological polar surface area (TPSA) is 67.4 Å². The molecule has 0 spiro atoms. The molecule has 0 fully saturated rings. The number of rotatable bonds is 4. The Morgan fingerprint density at radius 3 is 2.35 bits per heavy atom. The number of hydrogen-bond acceptors (Lipinski definition) is 3. The van der Waals surface area contributed by atoms with Crippen LogP contribution in [0.15, 0.2) is 66.7 Å². The average molecular weight is 369 g/mol. The van der Waals surface area contributed by atoms with Crippen LogP contribution in [0.25, 0.3) is 10.8 Å². The number of hydrazine groups is 1. The van der Waals surface area contributed by atoms with Crippen molar-refractivity contribution in [1.29, 1.82) is 0 Å². The lowest BCUT2D eigenvalue weighted by molar-refractivity contribution is -0.128. The summed E-state index contributed by atoms with van der Waals surface area (Å²) in [6, 6.07) is 19.8. The first-order valence-corrected chi connectivity index (χ1v) is 8.42. The molecule has 0 saturated carbocycles. The summed E-state index contributed by atoms with van der Waals surface area (Å²) >= 11 is 5.78. The van der Waals surface area contributed by atoms with E-state index in [0.717, 1.165) is 10.8 Å². The second-order valence-electron chi connectivity index (χ2n) is 5.72. The van der Waals surface area contributed by atoms with Crippen molar-refractivity contribution in [3.8, 4) is 5.75 Å². The van der Waals surface area contributed by atoms with Crippen LogP contribution in [0.5, 0.6) is 5.75 Å². The summed E-state index contributed by atoms with van der Waals surface area (Å²) in [4.78, 5) is 24.1. The van der Waals surface area contributed by atoms with Gasteiger partial charge in [0.2, 0.25) is 0 Å². The molecule has 0 aliphatic carbocycles. The molecule has 5 nitrogen and oxygen atoms in total. The lowest BCUT2D eigenvalue weighted by Gasteiger charge is -2.15. The van der Waals surface area contributed by atoms with Gasteiger partial charge in [0.05, 0.1) is 0 Å². The summed E-state index contributed by atoms with van der Waals surface area (Å²) in [5.41, 5.74) is 5.10. The Labute approximate surface area is 155 Å². The van der Waals surface area contributed by atoms with Gasteiger partial charge in [-0.3, -0.25) is 20.4 Å². The third-order valence-corrected chi connectivity index (χ3v) is 4.06. The van der Waals surface area contributed by atoms with Crippen LogP contribution in [-0.2, 0) is 4.79 Å². The van der Waals surface area contributed by atoms with Gasteiger partial charge in [0.15, 0.2) is 6.10 Å². The quantitative estimate of drug-likeness (QED) is 0.690. The number of ether oxygens (including phenoxy) is 1. The van der Waals surface area contributed by atoms with E-state index in [-0.39, 0.29) is 0 Å². The van der Waals surface area contributed by atoms with Crippen molar-refractivity contribution >= 4 is 34.2 Å². The molecule has 0 aliphatic heterocycles. The van der Waals surface area contributed by atoms with Gasteiger partial charge in [-0.2, -0.15) is 0 Å². The van der Waals surface area contributed by atoms with E-state index in [2.05, 4.69) is 10.9 Å². The molecule has 0 aromatic heterocycles. The van der Waals surface area contributed by atoms with Crippen molar-refractivity contribution in [2.24, 2.45) is 0 Å². The molecule has 2 amide bonds. The third-order valence-electron chi connectivity index (χ3n) is 3.81. The lowest BCUT2D eigenvalue weighted by Crippen LogP contribution is -2.47. The van der Waals surface area contributed by atoms with E-state index >= 15 is 0 Å². The maximum Gasteiger partial charge on any atom is 0.279 e. The largest absolute Gasteiger partial charge is 0.481 e. The fourth-order valence-corrected chi connectivity index (χ4v) is 2.52. The first-order chi connectivity index (χ1) is 12.5. The molecule has 6 heteroatoms. The van der Waals surface area contributed by atoms with Crippen molar-refractivity contribution in [1.82, 2.24) is 10.9 Å². The number of nitrogens with one attached hydrogen (secondary N) is 2. The number of amides is 2. The standard InChI is InChI=1S/C20H17ClN2O3/c1-13(26-18-11-8-14-4-2-3-5-16(14)12-18)19(24)22-23-20(25)15-6-9-17(21)10-7-15/h2-13H,1H3,(H,22,24)(H,23,25)/t13-/m1/s1. The highest BCUT2D eigenvalue weighted by Gasteiger charge is 2.16. The van der Waals surface area contributed by atoms with E-state index in [1.165, 1.54) is 0 Å². The fraction of sp³-hybridized carbons (Fsp3) is 0.100. The molecule has 132 valence electrons. The van der Waals surface area contributed by atoms with Gasteiger partial charge in [-0.15, -0.1) is 0 Å². The summed E-state index contributed by atoms with van der Waals surface area (Å²) < 4.78 is 5.66. The number of benzene rings is 3. The highest BCUT2D eigenvalue weighted by molar-refractivity contribution is 6.30. The van der Waals surface area contributed by atoms with Crippen LogP contribution in [0.1, 0.15) is 17.3 Å². The van der Waals surface area contributed by atoms with Gasteiger partial charge in [-0.1, -0.05) is 41.9 Å². The van der Waals surface area contributed by atoms with E-state index < -0.39 is 17.9 Å². The van der Waals surface area contributed by atoms with Gasteiger partial charge in [0.1, 0.15) is 5.75 Å². The fourth-order valence-electron chi connectivity index (χ4n) is 2.39. The molecular weight excluding hydrogens is 352 g/mol. The van der Waals surface area contributed by atoms with Crippen LogP contribution in [0, 0.1) is 0 Å². The van der Waals surface area contributed by atoms with Gasteiger partial charge < -0.3 is 4.74 Å². The molecular formula is C20H17ClN2O3. The summed E-state index contributed by atoms with van der Waals surface area (Å²) in [5.74, 6) is -0.316. The van der Waals surface area contributed by atoms with Crippen LogP contribution in [0.2, 0.25) is 5.02 Å². The molecule has 0 unspecified atom stereocenters. The lowest BCUT2D eigenvalue weighted by atomic mass is 10.1. The van der Waals surface area contributed by atoms with E-state index in [1.807, 2.05) is 36.4 Å². The van der Waals surface area contributed by atoms with Crippen LogP contribution in [-0.4, -0.2) is 17.9 Å². The van der Waals surface area contributed by atoms with Crippen molar-refractivity contribution in [2.75, 3.05) is 0 Å². The summed E-state index contributed by atoms with van der Waals surface area (Å²) in [7, 11) is 0. The van der Waals surface area contributed by atoms with Gasteiger partial charge >= 0.3 is 0 Å². The van der Waals surface area contributed by atoms with E-state index in [4.69, 9.17) is 16.3 Å². The van der Waals surface area contributed by atoms with Crippen molar-refractivity contribution in [3.05, 3.63) is 77.3 Å². The molecule has 0 saturated heterocycles. The summed E-state index contributed by atoms with van der Waals surface area (Å²) in [6.07, 6.45) is -0.776. The summed E-state index contributed by atoms with van der Waals surface area (Å²) in [6.45, 7) is 1.61. The van der Waals surface area contributed by atoms with Gasteiger partial charge in [0, 0.05) is 10.6 Å². The number of carbonyl (C=O) groups excluding carboxylic acids is 2. The number of hydrogen-bond donors (Lipinski definition) is 2. The highest BCUT2D eigenvalue weighted by Crippen LogP contribution is 2.21. The van der Waals surface area contributed by atoms with Crippen LogP contribution in [0.3, 0.4) is 0 Å². The minimum Gasteiger partial charge on any atom is -0.481 e. The minimum absolute atomic E-state index is 0.387. The van der Waals surface area contributed by atoms with Crippen molar-refractivity contribution < 1.29 is 14.3 Å². The monoisotopic (exact) mass is 368 g/mol. The van der Waals surface area contributed by atoms with Gasteiger partial charge in [0.25, 0.3) is 11.8 Å². The number of fused-ring (bicyclic) bond motifs is 1. The highest BCUT2D eigenvalue weighted by atomic mass is 35.5. The van der Waals surface area contributed by atoms with Crippen molar-refractivity contribution in [2.45, 2.75) is 13.0 Å². The zero-order valence-corrected chi connectivity index (χ0v) is 14.8. The zero-order chi connectivity index (χ0) is 18.5. The predicted molar refractivity (Wildman–Crippen MR) is 101 cm³/mol. The van der Waals surface area contributed by atoms with E-state index in [0.29, 0.717) is 16.3 Å². The Morgan fingerprint density at radius 1 is 0.923 bits per heavy atom. The number of carbonyl (C=O) groups is 2. The molecule has 2 N–H and O–H groups in total. The second kappa shape index (κ2) is 7.89. The minimum atomic E-state index is -0.776. The van der Waals surface area contributed by atoms with E-state index in [1.54, 1.807) is 37.3 Å². The molecule has 26 heavy (non-hydrogen) atoms. The van der Waals surface area contributed by atoms with Gasteiger partial charge in [-0.05, 0) is 54.1 Å². The van der Waals surface area contributed by atoms with Crippen LogP contribution in [0.4, 0.5) is 0 Å². The first kappa shape index (κ1) is 17.8. The van der Waals surface area contributed by atoms with E-state index in [9.17, 15) is 9.59 Å². The second-order valence-corrected chi connectivity index (χ2v) is 6.16. The number of halogens is 1. The average Bonchev–Trinajstić information content (AvgIpc) is 2.66. The molecule has 3 aromatic carbocycles. The Morgan fingerprint density at radius 2 is 1.62 bits per heavy atom. The Hall–Kier alpha value is -3.05. The maximum absolute atomic E-state index is 12.1. The molecule has 3 rings (SSSR count). The Balaban J connectivity index is 1.56. The molecule has 0 aliphatic rings. The smallest absolute Gasteiger partial charge is 0.279 e. The molecule has 3 aromatic rings. The maximum atomic E-state index is 12.1. The summed E-state index contributed by atoms with van der Waals surface area (Å²) in [5, 5.41) is 2.64. The molecule has 1 atom stereocenters. The molecule has 0 bridgehead atoms. The molecule has 0 radical (unpaired) electrons. The zero-order valence-electron chi connectivity index (χ0n) is 14.0. The SMILES string of the molecule is C[C@@H](Oc1ccc2ccccc2c1)C(=O)NNC(=O)c1ccc(Cl)cc1. The third kappa shape index (κ3) is 4.32. The predicted octanol–water partition coefficient (Wildman–Crippen LogP) is 3.72. The van der Waals surface area contributed by atoms with Crippen molar-refractivity contribution in [3.63, 3.8) is 0 Å². The van der Waals surface area contributed by atoms with Crippen LogP contribution >= 0.6 is 11.6 Å². The first-order valence-electron chi connectivity index (χ1n) is 8.04. The normalized spacial score (nSPS) is 11.6.